The number of carboxylic acids is 1. The quantitative estimate of drug-likeness (QED) is 0.487. The summed E-state index contributed by atoms with van der Waals surface area (Å²) in [7, 11) is 3.19. The molecule has 0 unspecified atom stereocenters. The number of hydrogen-bond donors (Lipinski definition) is 2. The summed E-state index contributed by atoms with van der Waals surface area (Å²) in [6.45, 7) is 2.02. The van der Waals surface area contributed by atoms with Crippen molar-refractivity contribution in [3.63, 3.8) is 0 Å². The molecule has 0 aliphatic carbocycles. The lowest BCUT2D eigenvalue weighted by molar-refractivity contribution is -0.138. The number of aliphatic carboxylic acids is 1. The van der Waals surface area contributed by atoms with Crippen molar-refractivity contribution in [2.24, 2.45) is 5.73 Å². The van der Waals surface area contributed by atoms with E-state index in [1.165, 1.54) is 0 Å². The van der Waals surface area contributed by atoms with Gasteiger partial charge < -0.3 is 10.8 Å². The monoisotopic (exact) mass is 237 g/mol. The predicted octanol–water partition coefficient (Wildman–Crippen LogP) is 1.15. The molecular formula is C8H15NO3S2. The first-order chi connectivity index (χ1) is 6.57. The Morgan fingerprint density at radius 3 is 2.50 bits per heavy atom. The first-order valence-electron chi connectivity index (χ1n) is 4.32. The summed E-state index contributed by atoms with van der Waals surface area (Å²) in [6.07, 6.45) is -0.0913. The summed E-state index contributed by atoms with van der Waals surface area (Å²) >= 11 is 0. The van der Waals surface area contributed by atoms with E-state index in [2.05, 4.69) is 0 Å². The highest BCUT2D eigenvalue weighted by Gasteiger charge is 2.14. The van der Waals surface area contributed by atoms with Gasteiger partial charge in [0.15, 0.2) is 5.78 Å². The zero-order valence-corrected chi connectivity index (χ0v) is 9.70. The molecular weight excluding hydrogens is 222 g/mol. The number of ketones is 1. The lowest BCUT2D eigenvalue weighted by Gasteiger charge is -2.08. The lowest BCUT2D eigenvalue weighted by atomic mass is 10.1. The second-order valence-electron chi connectivity index (χ2n) is 2.66. The Hall–Kier alpha value is -0.200. The highest BCUT2D eigenvalue weighted by Crippen LogP contribution is 2.21. The lowest BCUT2D eigenvalue weighted by Crippen LogP contribution is -2.32. The third-order valence-corrected chi connectivity index (χ3v) is 3.96. The molecule has 0 fully saturated rings. The average Bonchev–Trinajstić information content (AvgIpc) is 2.14. The van der Waals surface area contributed by atoms with E-state index < -0.39 is 12.0 Å². The molecule has 14 heavy (non-hydrogen) atoms. The van der Waals surface area contributed by atoms with Gasteiger partial charge in [-0.2, -0.15) is 0 Å². The van der Waals surface area contributed by atoms with Crippen LogP contribution in [0, 0.1) is 0 Å². The summed E-state index contributed by atoms with van der Waals surface area (Å²) in [5.74, 6) is 0.398. The SMILES string of the molecule is CCSSC[C@H](N)C(=O)CCC(=O)O. The van der Waals surface area contributed by atoms with E-state index in [1.807, 2.05) is 6.92 Å². The van der Waals surface area contributed by atoms with Gasteiger partial charge in [-0.3, -0.25) is 9.59 Å². The zero-order valence-electron chi connectivity index (χ0n) is 8.06. The molecule has 0 aromatic rings. The van der Waals surface area contributed by atoms with Gasteiger partial charge in [-0.05, 0) is 0 Å². The van der Waals surface area contributed by atoms with E-state index in [0.29, 0.717) is 5.75 Å². The minimum Gasteiger partial charge on any atom is -0.481 e. The number of carbonyl (C=O) groups is 2. The first-order valence-corrected chi connectivity index (χ1v) is 6.81. The minimum atomic E-state index is -0.957. The van der Waals surface area contributed by atoms with Crippen molar-refractivity contribution in [1.82, 2.24) is 0 Å². The molecule has 0 saturated heterocycles. The Morgan fingerprint density at radius 2 is 2.00 bits per heavy atom. The zero-order chi connectivity index (χ0) is 11.0. The summed E-state index contributed by atoms with van der Waals surface area (Å²) in [6, 6.07) is -0.529. The van der Waals surface area contributed by atoms with Crippen molar-refractivity contribution in [2.75, 3.05) is 11.5 Å². The van der Waals surface area contributed by atoms with E-state index in [9.17, 15) is 9.59 Å². The normalized spacial score (nSPS) is 12.4. The van der Waals surface area contributed by atoms with Gasteiger partial charge in [0.2, 0.25) is 0 Å². The molecule has 6 heteroatoms. The molecule has 0 aromatic heterocycles. The van der Waals surface area contributed by atoms with Crippen LogP contribution in [-0.4, -0.2) is 34.4 Å². The number of carbonyl (C=O) groups excluding carboxylic acids is 1. The van der Waals surface area contributed by atoms with Crippen molar-refractivity contribution in [3.8, 4) is 0 Å². The second-order valence-corrected chi connectivity index (χ2v) is 5.45. The largest absolute Gasteiger partial charge is 0.481 e. The first kappa shape index (κ1) is 13.8. The molecule has 0 aliphatic heterocycles. The molecule has 3 N–H and O–H groups in total. The Labute approximate surface area is 91.4 Å². The fourth-order valence-corrected chi connectivity index (χ4v) is 2.54. The molecule has 4 nitrogen and oxygen atoms in total. The van der Waals surface area contributed by atoms with E-state index >= 15 is 0 Å². The van der Waals surface area contributed by atoms with Crippen LogP contribution in [0.4, 0.5) is 0 Å². The van der Waals surface area contributed by atoms with Crippen LogP contribution < -0.4 is 5.73 Å². The number of rotatable bonds is 8. The van der Waals surface area contributed by atoms with Gasteiger partial charge in [0.1, 0.15) is 0 Å². The molecule has 0 aromatic carbocycles. The fraction of sp³-hybridized carbons (Fsp3) is 0.750. The van der Waals surface area contributed by atoms with E-state index in [0.717, 1.165) is 5.75 Å². The molecule has 0 radical (unpaired) electrons. The summed E-state index contributed by atoms with van der Waals surface area (Å²) in [5.41, 5.74) is 5.57. The van der Waals surface area contributed by atoms with Crippen LogP contribution in [0.5, 0.6) is 0 Å². The summed E-state index contributed by atoms with van der Waals surface area (Å²) < 4.78 is 0. The smallest absolute Gasteiger partial charge is 0.303 e. The van der Waals surface area contributed by atoms with Crippen LogP contribution >= 0.6 is 21.6 Å². The van der Waals surface area contributed by atoms with Crippen LogP contribution in [0.15, 0.2) is 0 Å². The topological polar surface area (TPSA) is 80.4 Å². The van der Waals surface area contributed by atoms with Crippen LogP contribution in [0.2, 0.25) is 0 Å². The Kier molecular flexibility index (Phi) is 8.02. The predicted molar refractivity (Wildman–Crippen MR) is 60.4 cm³/mol. The average molecular weight is 237 g/mol. The van der Waals surface area contributed by atoms with Gasteiger partial charge in [-0.25, -0.2) is 0 Å². The number of Topliss-reactive ketones (excluding diaryl/α,β-unsaturated/α-hetero) is 1. The highest BCUT2D eigenvalue weighted by molar-refractivity contribution is 8.76. The van der Waals surface area contributed by atoms with Crippen molar-refractivity contribution < 1.29 is 14.7 Å². The van der Waals surface area contributed by atoms with Gasteiger partial charge >= 0.3 is 5.97 Å². The van der Waals surface area contributed by atoms with Crippen molar-refractivity contribution in [2.45, 2.75) is 25.8 Å². The molecule has 0 saturated carbocycles. The van der Waals surface area contributed by atoms with Gasteiger partial charge in [0.25, 0.3) is 0 Å². The van der Waals surface area contributed by atoms with Crippen molar-refractivity contribution >= 4 is 33.3 Å². The third-order valence-electron chi connectivity index (χ3n) is 1.45. The maximum absolute atomic E-state index is 11.2. The van der Waals surface area contributed by atoms with Gasteiger partial charge in [0, 0.05) is 17.9 Å². The fourth-order valence-electron chi connectivity index (χ4n) is 0.713. The van der Waals surface area contributed by atoms with Gasteiger partial charge in [0.05, 0.1) is 12.5 Å². The molecule has 0 bridgehead atoms. The van der Waals surface area contributed by atoms with Crippen LogP contribution in [0.25, 0.3) is 0 Å². The highest BCUT2D eigenvalue weighted by atomic mass is 33.1. The van der Waals surface area contributed by atoms with Crippen LogP contribution in [0.1, 0.15) is 19.8 Å². The molecule has 0 spiro atoms. The third kappa shape index (κ3) is 7.23. The molecule has 0 rings (SSSR count). The molecule has 1 atom stereocenters. The number of nitrogens with two attached hydrogens (primary N) is 1. The number of carboxylic acid groups (broad SMARTS) is 1. The van der Waals surface area contributed by atoms with Crippen molar-refractivity contribution in [1.29, 1.82) is 0 Å². The van der Waals surface area contributed by atoms with Gasteiger partial charge in [-0.1, -0.05) is 28.5 Å². The maximum Gasteiger partial charge on any atom is 0.303 e. The number of hydrogen-bond acceptors (Lipinski definition) is 5. The molecule has 0 amide bonds. The Bertz CT molecular complexity index is 199. The molecule has 82 valence electrons. The molecule has 0 aliphatic rings. The summed E-state index contributed by atoms with van der Waals surface area (Å²) in [4.78, 5) is 21.4. The second kappa shape index (κ2) is 8.14. The van der Waals surface area contributed by atoms with Crippen molar-refractivity contribution in [3.05, 3.63) is 0 Å². The maximum atomic E-state index is 11.2. The Balaban J connectivity index is 3.59. The van der Waals surface area contributed by atoms with E-state index in [1.54, 1.807) is 21.6 Å². The van der Waals surface area contributed by atoms with Crippen LogP contribution in [0.3, 0.4) is 0 Å². The van der Waals surface area contributed by atoms with E-state index in [-0.39, 0.29) is 18.6 Å². The summed E-state index contributed by atoms with van der Waals surface area (Å²) in [5, 5.41) is 8.36. The van der Waals surface area contributed by atoms with Gasteiger partial charge in [-0.15, -0.1) is 0 Å². The van der Waals surface area contributed by atoms with E-state index in [4.69, 9.17) is 10.8 Å². The Morgan fingerprint density at radius 1 is 1.36 bits per heavy atom. The standard InChI is InChI=1S/C8H15NO3S2/c1-2-13-14-5-6(9)7(10)3-4-8(11)12/h6H,2-5,9H2,1H3,(H,11,12)/t6-/m0/s1. The van der Waals surface area contributed by atoms with Crippen LogP contribution in [-0.2, 0) is 9.59 Å². The molecule has 0 heterocycles. The minimum absolute atomic E-state index is 0.0356.